The van der Waals surface area contributed by atoms with E-state index >= 15 is 0 Å². The SMILES string of the molecule is [Cl-].[Cl-].[NH3+][15NH]C(=O)c1cc[nH+]cc1. The van der Waals surface area contributed by atoms with Crippen molar-refractivity contribution in [3.8, 4) is 0 Å². The monoisotopic (exact) mass is 210 g/mol. The van der Waals surface area contributed by atoms with Gasteiger partial charge in [0.25, 0.3) is 5.91 Å². The fourth-order valence-electron chi connectivity index (χ4n) is 0.640. The predicted octanol–water partition coefficient (Wildman–Crippen LogP) is -7.60. The van der Waals surface area contributed by atoms with E-state index in [1.165, 1.54) is 0 Å². The van der Waals surface area contributed by atoms with E-state index in [0.29, 0.717) is 5.56 Å². The highest BCUT2D eigenvalue weighted by molar-refractivity contribution is 5.92. The summed E-state index contributed by atoms with van der Waals surface area (Å²) < 4.78 is 0. The molecule has 1 aromatic heterocycles. The Balaban J connectivity index is 0. The molecule has 0 aliphatic carbocycles. The van der Waals surface area contributed by atoms with Crippen molar-refractivity contribution in [1.82, 2.24) is 5.43 Å². The molecule has 12 heavy (non-hydrogen) atoms. The Morgan fingerprint density at radius 3 is 2.25 bits per heavy atom. The van der Waals surface area contributed by atoms with Gasteiger partial charge >= 0.3 is 0 Å². The summed E-state index contributed by atoms with van der Waals surface area (Å²) >= 11 is 0. The van der Waals surface area contributed by atoms with Crippen LogP contribution in [0.25, 0.3) is 0 Å². The summed E-state index contributed by atoms with van der Waals surface area (Å²) in [5, 5.41) is 0. The molecule has 0 saturated heterocycles. The van der Waals surface area contributed by atoms with Gasteiger partial charge in [-0.05, 0) is 0 Å². The molecule has 6 heteroatoms. The van der Waals surface area contributed by atoms with E-state index in [2.05, 4.69) is 16.3 Å². The highest BCUT2D eigenvalue weighted by atomic mass is 35.5. The van der Waals surface area contributed by atoms with Crippen LogP contribution in [0.1, 0.15) is 10.4 Å². The van der Waals surface area contributed by atoms with Crippen molar-refractivity contribution in [2.24, 2.45) is 0 Å². The van der Waals surface area contributed by atoms with Gasteiger partial charge in [0.1, 0.15) is 0 Å². The normalized spacial score (nSPS) is 7.42. The van der Waals surface area contributed by atoms with Crippen molar-refractivity contribution >= 4 is 5.91 Å². The van der Waals surface area contributed by atoms with Crippen molar-refractivity contribution in [2.75, 3.05) is 0 Å². The summed E-state index contributed by atoms with van der Waals surface area (Å²) in [6.45, 7) is 0. The average molecular weight is 211 g/mol. The number of amides is 1. The molecule has 0 bridgehead atoms. The lowest BCUT2D eigenvalue weighted by molar-refractivity contribution is -0.423. The number of hydrogen-bond acceptors (Lipinski definition) is 1. The molecule has 0 aliphatic rings. The molecule has 0 saturated carbocycles. The van der Waals surface area contributed by atoms with Crippen LogP contribution in [-0.2, 0) is 0 Å². The standard InChI is InChI=1S/C6H7N3O.2ClH/c7-9-6(10)5-1-3-8-4-2-5;;/h1-4H,7H2,(H,9,10);2*1H/i9+1;;. The van der Waals surface area contributed by atoms with Gasteiger partial charge in [-0.15, -0.1) is 0 Å². The van der Waals surface area contributed by atoms with E-state index in [4.69, 9.17) is 0 Å². The van der Waals surface area contributed by atoms with Crippen LogP contribution in [0, 0.1) is 0 Å². The lowest BCUT2D eigenvalue weighted by Gasteiger charge is -1.91. The number of nitrogens with one attached hydrogen (secondary N) is 2. The molecule has 5 N–H and O–H groups in total. The molecule has 1 heterocycles. The number of pyridine rings is 1. The van der Waals surface area contributed by atoms with Crippen molar-refractivity contribution in [3.05, 3.63) is 30.1 Å². The van der Waals surface area contributed by atoms with Gasteiger partial charge in [-0.25, -0.2) is 10.4 Å². The van der Waals surface area contributed by atoms with Crippen LogP contribution >= 0.6 is 0 Å². The van der Waals surface area contributed by atoms with Gasteiger partial charge in [0.15, 0.2) is 12.4 Å². The van der Waals surface area contributed by atoms with Gasteiger partial charge in [-0.2, -0.15) is 0 Å². The molecule has 0 aliphatic heterocycles. The summed E-state index contributed by atoms with van der Waals surface area (Å²) in [6, 6.07) is 3.36. The smallest absolute Gasteiger partial charge is 0.296 e. The van der Waals surface area contributed by atoms with Crippen LogP contribution in [0.2, 0.25) is 0 Å². The number of halogens is 2. The molecular formula is C6H9Cl2N3O. The zero-order valence-corrected chi connectivity index (χ0v) is 7.69. The Bertz CT molecular complexity index is 229. The first-order valence-electron chi connectivity index (χ1n) is 2.88. The van der Waals surface area contributed by atoms with Crippen LogP contribution in [0.3, 0.4) is 0 Å². The van der Waals surface area contributed by atoms with Gasteiger partial charge in [0.05, 0.1) is 5.56 Å². The van der Waals surface area contributed by atoms with E-state index in [0.717, 1.165) is 0 Å². The van der Waals surface area contributed by atoms with Crippen molar-refractivity contribution in [1.29, 1.82) is 0 Å². The zero-order chi connectivity index (χ0) is 7.40. The van der Waals surface area contributed by atoms with Gasteiger partial charge < -0.3 is 24.8 Å². The number of quaternary nitrogens is 1. The molecule has 0 radical (unpaired) electrons. The Labute approximate surface area is 82.3 Å². The predicted molar refractivity (Wildman–Crippen MR) is 33.4 cm³/mol. The zero-order valence-electron chi connectivity index (χ0n) is 6.18. The summed E-state index contributed by atoms with van der Waals surface area (Å²) in [4.78, 5) is 13.6. The lowest BCUT2D eigenvalue weighted by atomic mass is 10.3. The van der Waals surface area contributed by atoms with Gasteiger partial charge in [-0.3, -0.25) is 10.6 Å². The number of rotatable bonds is 1. The second-order valence-electron chi connectivity index (χ2n) is 1.79. The largest absolute Gasteiger partial charge is 1.00 e. The first kappa shape index (κ1) is 13.7. The number of hydrogen-bond donors (Lipinski definition) is 2. The van der Waals surface area contributed by atoms with E-state index in [9.17, 15) is 4.79 Å². The summed E-state index contributed by atoms with van der Waals surface area (Å²) in [7, 11) is 0. The third-order valence-corrected chi connectivity index (χ3v) is 1.14. The van der Waals surface area contributed by atoms with E-state index in [1.54, 1.807) is 24.5 Å². The molecule has 68 valence electrons. The highest BCUT2D eigenvalue weighted by Gasteiger charge is 2.02. The van der Waals surface area contributed by atoms with E-state index in [-0.39, 0.29) is 30.7 Å². The fraction of sp³-hybridized carbons (Fsp3) is 0. The molecule has 1 rings (SSSR count). The van der Waals surface area contributed by atoms with E-state index in [1.807, 2.05) is 0 Å². The van der Waals surface area contributed by atoms with E-state index < -0.39 is 0 Å². The first-order valence-corrected chi connectivity index (χ1v) is 2.88. The molecule has 0 spiro atoms. The number of H-pyrrole nitrogens is 1. The number of carbonyl (C=O) groups excluding carboxylic acids is 1. The third kappa shape index (κ3) is 3.52. The van der Waals surface area contributed by atoms with Crippen LogP contribution in [0.4, 0.5) is 0 Å². The fourth-order valence-corrected chi connectivity index (χ4v) is 0.640. The summed E-state index contributed by atoms with van der Waals surface area (Å²) in [6.07, 6.45) is 3.37. The number of aromatic nitrogens is 1. The first-order chi connectivity index (χ1) is 4.84. The minimum Gasteiger partial charge on any atom is -1.00 e. The number of aromatic amines is 1. The van der Waals surface area contributed by atoms with Crippen molar-refractivity contribution in [3.63, 3.8) is 0 Å². The summed E-state index contributed by atoms with van der Waals surface area (Å²) in [5.41, 5.74) is 2.88. The van der Waals surface area contributed by atoms with Crippen LogP contribution in [-0.4, -0.2) is 5.91 Å². The summed E-state index contributed by atoms with van der Waals surface area (Å²) in [5.74, 6) is 3.08. The molecule has 0 atom stereocenters. The van der Waals surface area contributed by atoms with Crippen molar-refractivity contribution in [2.45, 2.75) is 0 Å². The van der Waals surface area contributed by atoms with Gasteiger partial charge in [-0.1, -0.05) is 0 Å². The van der Waals surface area contributed by atoms with Crippen LogP contribution in [0.15, 0.2) is 24.5 Å². The molecule has 1 aromatic rings. The molecule has 1 amide bonds. The third-order valence-electron chi connectivity index (χ3n) is 1.14. The molecule has 4 nitrogen and oxygen atoms in total. The molecular weight excluding hydrogens is 202 g/mol. The second-order valence-corrected chi connectivity index (χ2v) is 1.79. The Hall–Kier alpha value is -0.840. The number of carbonyl (C=O) groups is 1. The second kappa shape index (κ2) is 6.84. The lowest BCUT2D eigenvalue weighted by Crippen LogP contribution is -3.00. The quantitative estimate of drug-likeness (QED) is 0.351. The Morgan fingerprint density at radius 1 is 1.33 bits per heavy atom. The van der Waals surface area contributed by atoms with Crippen LogP contribution < -0.4 is 41.1 Å². The highest BCUT2D eigenvalue weighted by Crippen LogP contribution is 1.90. The minimum absolute atomic E-state index is 0. The Kier molecular flexibility index (Phi) is 7.83. The average Bonchev–Trinajstić information content (AvgIpc) is 2.05. The Morgan fingerprint density at radius 2 is 1.83 bits per heavy atom. The van der Waals surface area contributed by atoms with Crippen LogP contribution in [0.5, 0.6) is 0 Å². The topological polar surface area (TPSA) is 70.9 Å². The molecule has 0 fully saturated rings. The van der Waals surface area contributed by atoms with Gasteiger partial charge in [0.2, 0.25) is 0 Å². The maximum Gasteiger partial charge on any atom is 0.296 e. The maximum atomic E-state index is 10.8. The van der Waals surface area contributed by atoms with Crippen molar-refractivity contribution < 1.29 is 40.4 Å². The van der Waals surface area contributed by atoms with Gasteiger partial charge in [0, 0.05) is 12.1 Å². The maximum absolute atomic E-state index is 10.8. The molecule has 0 unspecified atom stereocenters. The minimum atomic E-state index is -0.172. The molecule has 0 aromatic carbocycles.